The molecule has 1 fully saturated rings. The molecule has 1 aromatic carbocycles. The van der Waals surface area contributed by atoms with Gasteiger partial charge in [-0.2, -0.15) is 0 Å². The predicted molar refractivity (Wildman–Crippen MR) is 82.9 cm³/mol. The number of rotatable bonds is 5. The van der Waals surface area contributed by atoms with Crippen LogP contribution in [0.2, 0.25) is 0 Å². The summed E-state index contributed by atoms with van der Waals surface area (Å²) in [6.45, 7) is 0. The number of nitrogens with zero attached hydrogens (tertiary/aromatic N) is 4. The summed E-state index contributed by atoms with van der Waals surface area (Å²) >= 11 is 0. The first-order chi connectivity index (χ1) is 11.5. The molecule has 0 atom stereocenters. The van der Waals surface area contributed by atoms with Gasteiger partial charge in [-0.15, -0.1) is 5.10 Å². The zero-order valence-electron chi connectivity index (χ0n) is 12.7. The molecule has 0 radical (unpaired) electrons. The van der Waals surface area contributed by atoms with E-state index in [1.54, 1.807) is 12.1 Å². The third kappa shape index (κ3) is 3.60. The van der Waals surface area contributed by atoms with Crippen molar-refractivity contribution in [3.8, 4) is 5.69 Å². The summed E-state index contributed by atoms with van der Waals surface area (Å²) in [4.78, 5) is 11.1. The number of carboxylic acid groups (broad SMARTS) is 1. The average Bonchev–Trinajstić information content (AvgIpc) is 3.10. The fourth-order valence-electron chi connectivity index (χ4n) is 2.82. The fourth-order valence-corrected chi connectivity index (χ4v) is 4.16. The fraction of sp³-hybridized carbons (Fsp3) is 0.429. The summed E-state index contributed by atoms with van der Waals surface area (Å²) in [5.41, 5.74) is 0.539. The van der Waals surface area contributed by atoms with Crippen molar-refractivity contribution in [3.05, 3.63) is 30.6 Å². The zero-order chi connectivity index (χ0) is 17.2. The number of carboxylic acids is 1. The Labute approximate surface area is 138 Å². The summed E-state index contributed by atoms with van der Waals surface area (Å²) in [6, 6.07) is 6.06. The first-order valence-corrected chi connectivity index (χ1v) is 9.02. The Kier molecular flexibility index (Phi) is 4.58. The molecule has 2 N–H and O–H groups in total. The van der Waals surface area contributed by atoms with E-state index < -0.39 is 16.0 Å². The van der Waals surface area contributed by atoms with Gasteiger partial charge in [-0.05, 0) is 54.3 Å². The molecular formula is C14H17N5O4S. The third-order valence-electron chi connectivity index (χ3n) is 4.14. The summed E-state index contributed by atoms with van der Waals surface area (Å²) in [7, 11) is -3.69. The van der Waals surface area contributed by atoms with Crippen LogP contribution in [0.1, 0.15) is 25.7 Å². The van der Waals surface area contributed by atoms with Crippen molar-refractivity contribution in [3.63, 3.8) is 0 Å². The number of benzene rings is 1. The molecule has 2 aromatic rings. The Morgan fingerprint density at radius 3 is 2.62 bits per heavy atom. The smallest absolute Gasteiger partial charge is 0.306 e. The minimum atomic E-state index is -3.69. The van der Waals surface area contributed by atoms with E-state index in [2.05, 4.69) is 20.2 Å². The molecule has 128 valence electrons. The Bertz CT molecular complexity index is 813. The van der Waals surface area contributed by atoms with E-state index in [0.29, 0.717) is 31.4 Å². The van der Waals surface area contributed by atoms with Gasteiger partial charge in [0, 0.05) is 6.04 Å². The van der Waals surface area contributed by atoms with Crippen molar-refractivity contribution in [1.29, 1.82) is 0 Å². The van der Waals surface area contributed by atoms with E-state index in [0.717, 1.165) is 0 Å². The monoisotopic (exact) mass is 351 g/mol. The van der Waals surface area contributed by atoms with Gasteiger partial charge in [0.05, 0.1) is 16.5 Å². The highest BCUT2D eigenvalue weighted by molar-refractivity contribution is 7.89. The van der Waals surface area contributed by atoms with Crippen LogP contribution >= 0.6 is 0 Å². The van der Waals surface area contributed by atoms with E-state index >= 15 is 0 Å². The van der Waals surface area contributed by atoms with Gasteiger partial charge < -0.3 is 5.11 Å². The lowest BCUT2D eigenvalue weighted by molar-refractivity contribution is -0.142. The molecule has 0 spiro atoms. The first kappa shape index (κ1) is 16.5. The number of sulfonamides is 1. The highest BCUT2D eigenvalue weighted by Gasteiger charge is 2.29. The maximum absolute atomic E-state index is 12.5. The summed E-state index contributed by atoms with van der Waals surface area (Å²) in [6.07, 6.45) is 3.37. The SMILES string of the molecule is O=C(O)C1CCC(NS(=O)(=O)c2cccc(-n3cnnn3)c2)CC1. The second kappa shape index (κ2) is 6.65. The van der Waals surface area contributed by atoms with Gasteiger partial charge >= 0.3 is 5.97 Å². The van der Waals surface area contributed by atoms with Gasteiger partial charge in [-0.25, -0.2) is 17.8 Å². The van der Waals surface area contributed by atoms with Crippen molar-refractivity contribution in [1.82, 2.24) is 24.9 Å². The number of tetrazole rings is 1. The summed E-state index contributed by atoms with van der Waals surface area (Å²) < 4.78 is 29.1. The summed E-state index contributed by atoms with van der Waals surface area (Å²) in [5, 5.41) is 19.8. The highest BCUT2D eigenvalue weighted by atomic mass is 32.2. The number of hydrogen-bond acceptors (Lipinski definition) is 6. The minimum Gasteiger partial charge on any atom is -0.481 e. The first-order valence-electron chi connectivity index (χ1n) is 7.54. The normalized spacial score (nSPS) is 21.5. The molecule has 0 unspecified atom stereocenters. The second-order valence-electron chi connectivity index (χ2n) is 5.76. The molecule has 1 aromatic heterocycles. The maximum Gasteiger partial charge on any atom is 0.306 e. The van der Waals surface area contributed by atoms with E-state index in [9.17, 15) is 13.2 Å². The van der Waals surface area contributed by atoms with Crippen LogP contribution in [0.15, 0.2) is 35.5 Å². The maximum atomic E-state index is 12.5. The summed E-state index contributed by atoms with van der Waals surface area (Å²) in [5.74, 6) is -1.20. The molecule has 1 aliphatic rings. The molecule has 1 heterocycles. The topological polar surface area (TPSA) is 127 Å². The van der Waals surface area contributed by atoms with Gasteiger partial charge in [-0.1, -0.05) is 6.07 Å². The van der Waals surface area contributed by atoms with Gasteiger partial charge in [0.15, 0.2) is 0 Å². The van der Waals surface area contributed by atoms with E-state index in [-0.39, 0.29) is 16.9 Å². The molecule has 3 rings (SSSR count). The second-order valence-corrected chi connectivity index (χ2v) is 7.47. The average molecular weight is 351 g/mol. The van der Waals surface area contributed by atoms with E-state index in [1.807, 2.05) is 0 Å². The number of nitrogens with one attached hydrogen (secondary N) is 1. The third-order valence-corrected chi connectivity index (χ3v) is 5.66. The Balaban J connectivity index is 1.72. The Morgan fingerprint density at radius 1 is 1.25 bits per heavy atom. The zero-order valence-corrected chi connectivity index (χ0v) is 13.6. The molecule has 9 nitrogen and oxygen atoms in total. The lowest BCUT2D eigenvalue weighted by atomic mass is 9.87. The molecule has 1 aliphatic carbocycles. The van der Waals surface area contributed by atoms with Crippen molar-refractivity contribution in [2.45, 2.75) is 36.6 Å². The van der Waals surface area contributed by atoms with Crippen LogP contribution in [-0.4, -0.2) is 45.7 Å². The molecule has 10 heteroatoms. The largest absolute Gasteiger partial charge is 0.481 e. The lowest BCUT2D eigenvalue weighted by Gasteiger charge is -2.26. The van der Waals surface area contributed by atoms with Gasteiger partial charge in [-0.3, -0.25) is 4.79 Å². The quantitative estimate of drug-likeness (QED) is 0.806. The van der Waals surface area contributed by atoms with Crippen LogP contribution in [0.3, 0.4) is 0 Å². The molecule has 0 aliphatic heterocycles. The van der Waals surface area contributed by atoms with Gasteiger partial charge in [0.1, 0.15) is 6.33 Å². The standard InChI is InChI=1S/C14H17N5O4S/c20-14(21)10-4-6-11(7-5-10)16-24(22,23)13-3-1-2-12(8-13)19-9-15-17-18-19/h1-3,8-11,16H,4-7H2,(H,20,21). The highest BCUT2D eigenvalue weighted by Crippen LogP contribution is 2.26. The van der Waals surface area contributed by atoms with Gasteiger partial charge in [0.25, 0.3) is 0 Å². The van der Waals surface area contributed by atoms with E-state index in [1.165, 1.54) is 23.1 Å². The number of carbonyl (C=O) groups is 1. The molecule has 1 saturated carbocycles. The number of aliphatic carboxylic acids is 1. The number of hydrogen-bond donors (Lipinski definition) is 2. The molecule has 24 heavy (non-hydrogen) atoms. The molecule has 0 bridgehead atoms. The molecular weight excluding hydrogens is 334 g/mol. The van der Waals surface area contributed by atoms with Crippen LogP contribution in [-0.2, 0) is 14.8 Å². The molecule has 0 saturated heterocycles. The number of aromatic nitrogens is 4. The van der Waals surface area contributed by atoms with Crippen molar-refractivity contribution in [2.75, 3.05) is 0 Å². The van der Waals surface area contributed by atoms with Crippen molar-refractivity contribution in [2.24, 2.45) is 5.92 Å². The lowest BCUT2D eigenvalue weighted by Crippen LogP contribution is -2.38. The Hall–Kier alpha value is -2.33. The van der Waals surface area contributed by atoms with Gasteiger partial charge in [0.2, 0.25) is 10.0 Å². The predicted octanol–water partition coefficient (Wildman–Crippen LogP) is 0.584. The van der Waals surface area contributed by atoms with Crippen LogP contribution in [0.4, 0.5) is 0 Å². The van der Waals surface area contributed by atoms with Crippen molar-refractivity contribution < 1.29 is 18.3 Å². The van der Waals surface area contributed by atoms with Crippen LogP contribution in [0.5, 0.6) is 0 Å². The minimum absolute atomic E-state index is 0.121. The van der Waals surface area contributed by atoms with Crippen LogP contribution in [0, 0.1) is 5.92 Å². The van der Waals surface area contributed by atoms with Crippen LogP contribution < -0.4 is 4.72 Å². The molecule has 0 amide bonds. The van der Waals surface area contributed by atoms with Crippen molar-refractivity contribution >= 4 is 16.0 Å². The Morgan fingerprint density at radius 2 is 2.00 bits per heavy atom. The van der Waals surface area contributed by atoms with Crippen LogP contribution in [0.25, 0.3) is 5.69 Å². The van der Waals surface area contributed by atoms with E-state index in [4.69, 9.17) is 5.11 Å².